The highest BCUT2D eigenvalue weighted by Crippen LogP contribution is 2.29. The quantitative estimate of drug-likeness (QED) is 0.712. The standard InChI is InChI=1S/C21H23N5O3S2/c1-13-12-30-20(22-13)24-18(28)14-6-5-7-15(10-14)23-17(27)11-16-19(29)25-21(31-16)26-8-3-2-4-9-26/h5-7,10,12,16H,2-4,8-9,11H2,1H3,(H,23,27)(H,22,24,28)/t16-/m0/s1. The molecule has 162 valence electrons. The number of aromatic nitrogens is 1. The van der Waals surface area contributed by atoms with Gasteiger partial charge in [-0.1, -0.05) is 17.8 Å². The Labute approximate surface area is 188 Å². The van der Waals surface area contributed by atoms with E-state index >= 15 is 0 Å². The molecule has 1 aromatic carbocycles. The molecule has 4 rings (SSSR count). The topological polar surface area (TPSA) is 104 Å². The van der Waals surface area contributed by atoms with Gasteiger partial charge in [0.15, 0.2) is 10.3 Å². The van der Waals surface area contributed by atoms with Crippen molar-refractivity contribution in [2.75, 3.05) is 23.7 Å². The molecule has 0 radical (unpaired) electrons. The number of carbonyl (C=O) groups excluding carboxylic acids is 3. The van der Waals surface area contributed by atoms with Crippen LogP contribution < -0.4 is 10.6 Å². The van der Waals surface area contributed by atoms with Crippen LogP contribution in [0.5, 0.6) is 0 Å². The number of nitrogens with zero attached hydrogens (tertiary/aromatic N) is 3. The summed E-state index contributed by atoms with van der Waals surface area (Å²) >= 11 is 2.73. The first kappa shape index (κ1) is 21.5. The number of nitrogens with one attached hydrogen (secondary N) is 2. The molecule has 8 nitrogen and oxygen atoms in total. The van der Waals surface area contributed by atoms with Gasteiger partial charge in [-0.2, -0.15) is 4.99 Å². The van der Waals surface area contributed by atoms with Crippen molar-refractivity contribution in [1.29, 1.82) is 0 Å². The molecule has 1 fully saturated rings. The predicted molar refractivity (Wildman–Crippen MR) is 124 cm³/mol. The summed E-state index contributed by atoms with van der Waals surface area (Å²) in [6.07, 6.45) is 3.45. The average Bonchev–Trinajstić information content (AvgIpc) is 3.34. The van der Waals surface area contributed by atoms with Crippen LogP contribution in [0.2, 0.25) is 0 Å². The molecule has 2 aliphatic rings. The lowest BCUT2D eigenvalue weighted by molar-refractivity contribution is -0.121. The molecule has 10 heteroatoms. The minimum atomic E-state index is -0.503. The van der Waals surface area contributed by atoms with E-state index in [1.165, 1.54) is 29.5 Å². The number of anilines is 2. The Morgan fingerprint density at radius 2 is 2.00 bits per heavy atom. The van der Waals surface area contributed by atoms with Crippen molar-refractivity contribution in [1.82, 2.24) is 9.88 Å². The zero-order valence-corrected chi connectivity index (χ0v) is 18.7. The van der Waals surface area contributed by atoms with E-state index in [2.05, 4.69) is 25.5 Å². The van der Waals surface area contributed by atoms with Crippen LogP contribution in [0.1, 0.15) is 41.7 Å². The van der Waals surface area contributed by atoms with Crippen LogP contribution >= 0.6 is 23.1 Å². The van der Waals surface area contributed by atoms with Crippen LogP contribution in [-0.4, -0.2) is 51.1 Å². The molecule has 3 heterocycles. The number of rotatable bonds is 5. The van der Waals surface area contributed by atoms with Crippen LogP contribution in [0.3, 0.4) is 0 Å². The number of benzene rings is 1. The number of aliphatic imine (C=N–C) groups is 1. The van der Waals surface area contributed by atoms with Crippen molar-refractivity contribution in [3.63, 3.8) is 0 Å². The molecule has 0 bridgehead atoms. The number of carbonyl (C=O) groups is 3. The molecule has 2 N–H and O–H groups in total. The van der Waals surface area contributed by atoms with Gasteiger partial charge in [0.1, 0.15) is 5.25 Å². The van der Waals surface area contributed by atoms with Gasteiger partial charge in [-0.05, 0) is 44.4 Å². The molecule has 1 saturated heterocycles. The lowest BCUT2D eigenvalue weighted by Gasteiger charge is -2.27. The second-order valence-corrected chi connectivity index (χ2v) is 9.50. The Kier molecular flexibility index (Phi) is 6.67. The van der Waals surface area contributed by atoms with E-state index in [0.717, 1.165) is 36.8 Å². The minimum Gasteiger partial charge on any atom is -0.351 e. The number of amidine groups is 1. The van der Waals surface area contributed by atoms with Crippen LogP contribution in [-0.2, 0) is 9.59 Å². The minimum absolute atomic E-state index is 0.0408. The monoisotopic (exact) mass is 457 g/mol. The Morgan fingerprint density at radius 3 is 2.74 bits per heavy atom. The van der Waals surface area contributed by atoms with E-state index in [4.69, 9.17) is 0 Å². The Hall–Kier alpha value is -2.72. The molecule has 31 heavy (non-hydrogen) atoms. The number of amides is 3. The number of thiazole rings is 1. The maximum absolute atomic E-state index is 12.5. The van der Waals surface area contributed by atoms with Crippen LogP contribution in [0.4, 0.5) is 10.8 Å². The first-order valence-corrected chi connectivity index (χ1v) is 11.9. The smallest absolute Gasteiger partial charge is 0.262 e. The third kappa shape index (κ3) is 5.50. The first-order valence-electron chi connectivity index (χ1n) is 10.2. The molecule has 0 aliphatic carbocycles. The largest absolute Gasteiger partial charge is 0.351 e. The van der Waals surface area contributed by atoms with Gasteiger partial charge >= 0.3 is 0 Å². The normalized spacial score (nSPS) is 18.6. The molecule has 2 aliphatic heterocycles. The van der Waals surface area contributed by atoms with Gasteiger partial charge in [0, 0.05) is 36.1 Å². The second kappa shape index (κ2) is 9.61. The fourth-order valence-corrected chi connectivity index (χ4v) is 5.23. The summed E-state index contributed by atoms with van der Waals surface area (Å²) in [7, 11) is 0. The van der Waals surface area contributed by atoms with Gasteiger partial charge in [0.05, 0.1) is 5.69 Å². The fourth-order valence-electron chi connectivity index (χ4n) is 3.43. The molecule has 0 spiro atoms. The summed E-state index contributed by atoms with van der Waals surface area (Å²) in [4.78, 5) is 47.7. The lowest BCUT2D eigenvalue weighted by Crippen LogP contribution is -2.33. The summed E-state index contributed by atoms with van der Waals surface area (Å²) in [6.45, 7) is 3.68. The summed E-state index contributed by atoms with van der Waals surface area (Å²) in [5.74, 6) is -0.840. The number of hydrogen-bond donors (Lipinski definition) is 2. The number of aryl methyl sites for hydroxylation is 1. The average molecular weight is 458 g/mol. The van der Waals surface area contributed by atoms with Crippen molar-refractivity contribution in [2.45, 2.75) is 37.9 Å². The van der Waals surface area contributed by atoms with E-state index in [9.17, 15) is 14.4 Å². The van der Waals surface area contributed by atoms with Crippen molar-refractivity contribution in [3.8, 4) is 0 Å². The van der Waals surface area contributed by atoms with Gasteiger partial charge in [0.25, 0.3) is 11.8 Å². The number of hydrogen-bond acceptors (Lipinski definition) is 7. The summed E-state index contributed by atoms with van der Waals surface area (Å²) in [6, 6.07) is 6.68. The van der Waals surface area contributed by atoms with Crippen LogP contribution in [0.25, 0.3) is 0 Å². The van der Waals surface area contributed by atoms with Gasteiger partial charge in [-0.15, -0.1) is 11.3 Å². The lowest BCUT2D eigenvalue weighted by atomic mass is 10.1. The van der Waals surface area contributed by atoms with Crippen LogP contribution in [0.15, 0.2) is 34.6 Å². The van der Waals surface area contributed by atoms with E-state index in [-0.39, 0.29) is 24.1 Å². The summed E-state index contributed by atoms with van der Waals surface area (Å²) < 4.78 is 0. The number of thioether (sulfide) groups is 1. The van der Waals surface area contributed by atoms with Gasteiger partial charge in [0.2, 0.25) is 5.91 Å². The predicted octanol–water partition coefficient (Wildman–Crippen LogP) is 3.52. The molecule has 1 atom stereocenters. The third-order valence-corrected chi connectivity index (χ3v) is 7.06. The van der Waals surface area contributed by atoms with Crippen molar-refractivity contribution >= 4 is 56.8 Å². The SMILES string of the molecule is Cc1csc(NC(=O)c2cccc(NC(=O)C[C@@H]3SC(N4CCCCC4)=NC3=O)c2)n1. The van der Waals surface area contributed by atoms with E-state index in [0.29, 0.717) is 16.4 Å². The van der Waals surface area contributed by atoms with Crippen molar-refractivity contribution in [3.05, 3.63) is 40.9 Å². The summed E-state index contributed by atoms with van der Waals surface area (Å²) in [5, 5.41) is 8.15. The molecule has 2 aromatic rings. The summed E-state index contributed by atoms with van der Waals surface area (Å²) in [5.41, 5.74) is 1.75. The highest BCUT2D eigenvalue weighted by atomic mass is 32.2. The molecule has 0 saturated carbocycles. The third-order valence-electron chi connectivity index (χ3n) is 4.97. The first-order chi connectivity index (χ1) is 15.0. The van der Waals surface area contributed by atoms with Crippen molar-refractivity contribution < 1.29 is 14.4 Å². The zero-order valence-electron chi connectivity index (χ0n) is 17.1. The number of piperidine rings is 1. The van der Waals surface area contributed by atoms with Gasteiger partial charge in [-0.3, -0.25) is 19.7 Å². The van der Waals surface area contributed by atoms with Gasteiger partial charge < -0.3 is 10.2 Å². The highest BCUT2D eigenvalue weighted by molar-refractivity contribution is 8.15. The molecule has 3 amide bonds. The maximum Gasteiger partial charge on any atom is 0.262 e. The van der Waals surface area contributed by atoms with Crippen LogP contribution in [0, 0.1) is 6.92 Å². The second-order valence-electron chi connectivity index (χ2n) is 7.47. The Balaban J connectivity index is 1.32. The van der Waals surface area contributed by atoms with Crippen molar-refractivity contribution in [2.24, 2.45) is 4.99 Å². The van der Waals surface area contributed by atoms with E-state index in [1.807, 2.05) is 12.3 Å². The molecular formula is C21H23N5O3S2. The fraction of sp³-hybridized carbons (Fsp3) is 0.381. The highest BCUT2D eigenvalue weighted by Gasteiger charge is 2.33. The van der Waals surface area contributed by atoms with E-state index in [1.54, 1.807) is 24.3 Å². The molecule has 0 unspecified atom stereocenters. The van der Waals surface area contributed by atoms with E-state index < -0.39 is 5.25 Å². The van der Waals surface area contributed by atoms with Gasteiger partial charge in [-0.25, -0.2) is 4.98 Å². The molecular weight excluding hydrogens is 434 g/mol. The Bertz CT molecular complexity index is 1030. The Morgan fingerprint density at radius 1 is 1.19 bits per heavy atom. The zero-order chi connectivity index (χ0) is 21.8. The molecule has 1 aromatic heterocycles. The maximum atomic E-state index is 12.5. The number of likely N-dealkylation sites (tertiary alicyclic amines) is 1.